The van der Waals surface area contributed by atoms with Crippen LogP contribution in [0.15, 0.2) is 21.0 Å². The molecule has 0 aliphatic heterocycles. The van der Waals surface area contributed by atoms with Crippen LogP contribution in [-0.2, 0) is 0 Å². The average Bonchev–Trinajstić information content (AvgIpc) is 2.45. The van der Waals surface area contributed by atoms with Crippen molar-refractivity contribution in [1.82, 2.24) is 4.98 Å². The Labute approximate surface area is 86.7 Å². The number of nitrogen functional groups attached to an aromatic ring is 1. The van der Waals surface area contributed by atoms with Gasteiger partial charge in [0.25, 0.3) is 6.01 Å². The smallest absolute Gasteiger partial charge is 0.335 e. The molecule has 0 bridgehead atoms. The maximum Gasteiger partial charge on any atom is 0.335 e. The van der Waals surface area contributed by atoms with Crippen molar-refractivity contribution < 1.29 is 14.3 Å². The Hall–Kier alpha value is -1.56. The van der Waals surface area contributed by atoms with Gasteiger partial charge in [0.1, 0.15) is 5.52 Å². The molecule has 1 aromatic heterocycles. The van der Waals surface area contributed by atoms with Crippen molar-refractivity contribution in [1.29, 1.82) is 0 Å². The third kappa shape index (κ3) is 1.33. The Morgan fingerprint density at radius 3 is 2.93 bits per heavy atom. The molecule has 1 aromatic carbocycles. The van der Waals surface area contributed by atoms with E-state index in [9.17, 15) is 4.79 Å². The normalized spacial score (nSPS) is 10.6. The van der Waals surface area contributed by atoms with Crippen molar-refractivity contribution in [2.75, 3.05) is 5.73 Å². The first-order valence-electron chi connectivity index (χ1n) is 3.67. The van der Waals surface area contributed by atoms with Gasteiger partial charge < -0.3 is 15.3 Å². The summed E-state index contributed by atoms with van der Waals surface area (Å²) in [5, 5.41) is 8.77. The molecule has 3 N–H and O–H groups in total. The van der Waals surface area contributed by atoms with E-state index in [1.54, 1.807) is 0 Å². The lowest BCUT2D eigenvalue weighted by molar-refractivity contribution is 0.0697. The van der Waals surface area contributed by atoms with Crippen LogP contribution in [0.3, 0.4) is 0 Å². The quantitative estimate of drug-likeness (QED) is 0.813. The fourth-order valence-corrected chi connectivity index (χ4v) is 1.66. The van der Waals surface area contributed by atoms with Gasteiger partial charge in [-0.25, -0.2) is 4.79 Å². The van der Waals surface area contributed by atoms with E-state index in [4.69, 9.17) is 15.3 Å². The van der Waals surface area contributed by atoms with Crippen molar-refractivity contribution in [3.05, 3.63) is 22.2 Å². The molecule has 0 aliphatic carbocycles. The molecule has 0 unspecified atom stereocenters. The first-order valence-corrected chi connectivity index (χ1v) is 4.46. The largest absolute Gasteiger partial charge is 0.478 e. The number of aromatic carboxylic acids is 1. The van der Waals surface area contributed by atoms with E-state index in [0.717, 1.165) is 0 Å². The van der Waals surface area contributed by atoms with Gasteiger partial charge in [0.05, 0.1) is 10.0 Å². The molecule has 2 rings (SSSR count). The molecule has 6 heteroatoms. The summed E-state index contributed by atoms with van der Waals surface area (Å²) < 4.78 is 5.58. The molecule has 0 atom stereocenters. The number of oxazole rings is 1. The zero-order chi connectivity index (χ0) is 10.3. The second-order valence-corrected chi connectivity index (χ2v) is 3.52. The van der Waals surface area contributed by atoms with Crippen LogP contribution in [0.4, 0.5) is 6.01 Å². The molecule has 0 fully saturated rings. The highest BCUT2D eigenvalue weighted by Crippen LogP contribution is 2.27. The SMILES string of the molecule is Nc1nc2cc(C(=O)O)cc(Br)c2o1. The number of carbonyl (C=O) groups is 1. The molecule has 14 heavy (non-hydrogen) atoms. The standard InChI is InChI=1S/C8H5BrN2O3/c9-4-1-3(7(12)13)2-5-6(4)14-8(10)11-5/h1-2H,(H2,10,11)(H,12,13). The van der Waals surface area contributed by atoms with Crippen molar-refractivity contribution in [2.24, 2.45) is 0 Å². The highest BCUT2D eigenvalue weighted by molar-refractivity contribution is 9.10. The lowest BCUT2D eigenvalue weighted by Gasteiger charge is -1.95. The molecule has 0 aliphatic rings. The molecule has 72 valence electrons. The average molecular weight is 257 g/mol. The molecule has 0 amide bonds. The van der Waals surface area contributed by atoms with Crippen LogP contribution in [0.1, 0.15) is 10.4 Å². The van der Waals surface area contributed by atoms with Gasteiger partial charge in [0.2, 0.25) is 0 Å². The van der Waals surface area contributed by atoms with Gasteiger partial charge in [-0.1, -0.05) is 0 Å². The number of rotatable bonds is 1. The number of aromatic nitrogens is 1. The summed E-state index contributed by atoms with van der Waals surface area (Å²) >= 11 is 3.18. The van der Waals surface area contributed by atoms with Gasteiger partial charge in [-0.2, -0.15) is 4.98 Å². The van der Waals surface area contributed by atoms with Crippen LogP contribution in [-0.4, -0.2) is 16.1 Å². The summed E-state index contributed by atoms with van der Waals surface area (Å²) in [4.78, 5) is 14.5. The first kappa shape index (κ1) is 9.01. The minimum atomic E-state index is -1.02. The van der Waals surface area contributed by atoms with Gasteiger partial charge in [-0.15, -0.1) is 0 Å². The number of nitrogens with two attached hydrogens (primary N) is 1. The van der Waals surface area contributed by atoms with E-state index in [0.29, 0.717) is 15.6 Å². The zero-order valence-corrected chi connectivity index (χ0v) is 8.41. The van der Waals surface area contributed by atoms with Crippen LogP contribution in [0.25, 0.3) is 11.1 Å². The monoisotopic (exact) mass is 256 g/mol. The highest BCUT2D eigenvalue weighted by atomic mass is 79.9. The van der Waals surface area contributed by atoms with Gasteiger partial charge in [0, 0.05) is 0 Å². The molecule has 2 aromatic rings. The minimum Gasteiger partial charge on any atom is -0.478 e. The van der Waals surface area contributed by atoms with Crippen molar-refractivity contribution in [3.63, 3.8) is 0 Å². The molecular formula is C8H5BrN2O3. The Bertz CT molecular complexity index is 521. The van der Waals surface area contributed by atoms with Crippen molar-refractivity contribution in [2.45, 2.75) is 0 Å². The van der Waals surface area contributed by atoms with Gasteiger partial charge in [0.15, 0.2) is 5.58 Å². The Balaban J connectivity index is 2.77. The maximum absolute atomic E-state index is 10.7. The summed E-state index contributed by atoms with van der Waals surface area (Å²) in [6, 6.07) is 2.86. The highest BCUT2D eigenvalue weighted by Gasteiger charge is 2.12. The number of nitrogens with zero attached hydrogens (tertiary/aromatic N) is 1. The molecule has 5 nitrogen and oxygen atoms in total. The molecule has 0 saturated carbocycles. The van der Waals surface area contributed by atoms with Gasteiger partial charge >= 0.3 is 5.97 Å². The van der Waals surface area contributed by atoms with Gasteiger partial charge in [-0.3, -0.25) is 0 Å². The van der Waals surface area contributed by atoms with E-state index in [2.05, 4.69) is 20.9 Å². The van der Waals surface area contributed by atoms with E-state index in [-0.39, 0.29) is 11.6 Å². The second kappa shape index (κ2) is 2.98. The fraction of sp³-hybridized carbons (Fsp3) is 0. The fourth-order valence-electron chi connectivity index (χ4n) is 1.13. The third-order valence-electron chi connectivity index (χ3n) is 1.71. The number of halogens is 1. The summed E-state index contributed by atoms with van der Waals surface area (Å²) in [6.45, 7) is 0. The predicted octanol–water partition coefficient (Wildman–Crippen LogP) is 1.87. The summed E-state index contributed by atoms with van der Waals surface area (Å²) in [5.74, 6) is -1.02. The number of hydrogen-bond acceptors (Lipinski definition) is 4. The minimum absolute atomic E-state index is 0.0169. The Kier molecular flexibility index (Phi) is 1.92. The molecule has 0 saturated heterocycles. The maximum atomic E-state index is 10.7. The zero-order valence-electron chi connectivity index (χ0n) is 6.82. The Morgan fingerprint density at radius 1 is 1.57 bits per heavy atom. The number of benzene rings is 1. The van der Waals surface area contributed by atoms with Crippen molar-refractivity contribution in [3.8, 4) is 0 Å². The second-order valence-electron chi connectivity index (χ2n) is 2.66. The number of anilines is 1. The van der Waals surface area contributed by atoms with E-state index in [1.807, 2.05) is 0 Å². The van der Waals surface area contributed by atoms with Crippen LogP contribution in [0.2, 0.25) is 0 Å². The molecule has 1 heterocycles. The summed E-state index contributed by atoms with van der Waals surface area (Å²) in [6.07, 6.45) is 0. The summed E-state index contributed by atoms with van der Waals surface area (Å²) in [7, 11) is 0. The van der Waals surface area contributed by atoms with E-state index in [1.165, 1.54) is 12.1 Å². The van der Waals surface area contributed by atoms with Crippen LogP contribution < -0.4 is 5.73 Å². The van der Waals surface area contributed by atoms with Gasteiger partial charge in [-0.05, 0) is 28.1 Å². The van der Waals surface area contributed by atoms with Crippen molar-refractivity contribution >= 4 is 39.0 Å². The topological polar surface area (TPSA) is 89.3 Å². The number of fused-ring (bicyclic) bond motifs is 1. The Morgan fingerprint density at radius 2 is 2.29 bits per heavy atom. The molecule has 0 radical (unpaired) electrons. The van der Waals surface area contributed by atoms with E-state index < -0.39 is 5.97 Å². The lowest BCUT2D eigenvalue weighted by Crippen LogP contribution is -1.95. The lowest BCUT2D eigenvalue weighted by atomic mass is 10.2. The van der Waals surface area contributed by atoms with Crippen LogP contribution >= 0.6 is 15.9 Å². The van der Waals surface area contributed by atoms with E-state index >= 15 is 0 Å². The molecule has 0 spiro atoms. The molecular weight excluding hydrogens is 252 g/mol. The predicted molar refractivity (Wildman–Crippen MR) is 53.1 cm³/mol. The first-order chi connectivity index (χ1) is 6.58. The summed E-state index contributed by atoms with van der Waals surface area (Å²) in [5.41, 5.74) is 6.35. The number of carboxylic acids is 1. The number of hydrogen-bond donors (Lipinski definition) is 2. The van der Waals surface area contributed by atoms with Crippen LogP contribution in [0.5, 0.6) is 0 Å². The third-order valence-corrected chi connectivity index (χ3v) is 2.30. The number of carboxylic acid groups (broad SMARTS) is 1. The van der Waals surface area contributed by atoms with Crippen LogP contribution in [0, 0.1) is 0 Å².